The van der Waals surface area contributed by atoms with Crippen molar-refractivity contribution in [2.45, 2.75) is 13.0 Å². The van der Waals surface area contributed by atoms with Gasteiger partial charge in [-0.05, 0) is 0 Å². The summed E-state index contributed by atoms with van der Waals surface area (Å²) in [6.07, 6.45) is 2.14. The summed E-state index contributed by atoms with van der Waals surface area (Å²) in [6.45, 7) is 1.33. The first-order valence-electron chi connectivity index (χ1n) is 4.60. The van der Waals surface area contributed by atoms with Gasteiger partial charge in [0.2, 0.25) is 5.91 Å². The zero-order valence-corrected chi connectivity index (χ0v) is 10.4. The largest absolute Gasteiger partial charge is 0.349 e. The fraction of sp³-hybridized carbons (Fsp3) is 0.556. The molecule has 0 fully saturated rings. The van der Waals surface area contributed by atoms with E-state index in [9.17, 15) is 4.79 Å². The van der Waals surface area contributed by atoms with E-state index in [2.05, 4.69) is 10.3 Å². The van der Waals surface area contributed by atoms with Crippen LogP contribution in [0, 0.1) is 0 Å². The maximum atomic E-state index is 11.2. The number of carbonyl (C=O) groups is 1. The molecule has 84 valence electrons. The molecule has 1 heterocycles. The number of carbonyl (C=O) groups excluding carboxylic acids is 1. The first-order chi connectivity index (χ1) is 7.09. The van der Waals surface area contributed by atoms with Crippen molar-refractivity contribution in [1.29, 1.82) is 0 Å². The van der Waals surface area contributed by atoms with Crippen LogP contribution < -0.4 is 5.32 Å². The molecule has 0 atom stereocenters. The molecule has 0 saturated carbocycles. The van der Waals surface area contributed by atoms with E-state index >= 15 is 0 Å². The zero-order valence-electron chi connectivity index (χ0n) is 8.79. The molecule has 0 spiro atoms. The predicted molar refractivity (Wildman–Crippen MR) is 62.1 cm³/mol. The van der Waals surface area contributed by atoms with Gasteiger partial charge < -0.3 is 10.2 Å². The molecule has 0 radical (unpaired) electrons. The van der Waals surface area contributed by atoms with E-state index in [-0.39, 0.29) is 5.91 Å². The van der Waals surface area contributed by atoms with Gasteiger partial charge in [0.1, 0.15) is 9.34 Å². The van der Waals surface area contributed by atoms with Crippen LogP contribution in [-0.2, 0) is 11.3 Å². The summed E-state index contributed by atoms with van der Waals surface area (Å²) >= 11 is 7.18. The van der Waals surface area contributed by atoms with E-state index in [1.807, 2.05) is 0 Å². The number of rotatable bonds is 5. The minimum atomic E-state index is 0.125. The van der Waals surface area contributed by atoms with Crippen molar-refractivity contribution in [3.8, 4) is 0 Å². The molecular weight excluding hydrogens is 234 g/mol. The summed E-state index contributed by atoms with van der Waals surface area (Å²) < 4.78 is 0.691. The van der Waals surface area contributed by atoms with Crippen molar-refractivity contribution < 1.29 is 4.79 Å². The topological polar surface area (TPSA) is 45.2 Å². The standard InChI is InChI=1S/C9H14ClN3OS/c1-13(2)9(14)3-4-11-6-8-12-5-7(10)15-8/h5,11H,3-4,6H2,1-2H3. The van der Waals surface area contributed by atoms with Gasteiger partial charge in [0.15, 0.2) is 0 Å². The highest BCUT2D eigenvalue weighted by Gasteiger charge is 2.03. The highest BCUT2D eigenvalue weighted by molar-refractivity contribution is 7.15. The summed E-state index contributed by atoms with van der Waals surface area (Å²) in [4.78, 5) is 16.9. The highest BCUT2D eigenvalue weighted by Crippen LogP contribution is 2.17. The summed E-state index contributed by atoms with van der Waals surface area (Å²) in [7, 11) is 3.51. The molecular formula is C9H14ClN3OS. The molecule has 0 aliphatic heterocycles. The first-order valence-corrected chi connectivity index (χ1v) is 5.80. The Hall–Kier alpha value is -0.650. The summed E-state index contributed by atoms with van der Waals surface area (Å²) in [5, 5.41) is 4.08. The van der Waals surface area contributed by atoms with Gasteiger partial charge in [-0.15, -0.1) is 11.3 Å². The van der Waals surface area contributed by atoms with E-state index in [1.165, 1.54) is 11.3 Å². The van der Waals surface area contributed by atoms with E-state index in [1.54, 1.807) is 25.2 Å². The quantitative estimate of drug-likeness (QED) is 0.800. The Morgan fingerprint density at radius 1 is 1.67 bits per heavy atom. The Morgan fingerprint density at radius 3 is 2.93 bits per heavy atom. The third kappa shape index (κ3) is 4.59. The number of aromatic nitrogens is 1. The number of hydrogen-bond acceptors (Lipinski definition) is 4. The fourth-order valence-corrected chi connectivity index (χ4v) is 1.91. The molecule has 0 aromatic carbocycles. The van der Waals surface area contributed by atoms with E-state index < -0.39 is 0 Å². The lowest BCUT2D eigenvalue weighted by Gasteiger charge is -2.09. The number of thiazole rings is 1. The summed E-state index contributed by atoms with van der Waals surface area (Å²) in [6, 6.07) is 0. The Kier molecular flexibility index (Phi) is 5.01. The van der Waals surface area contributed by atoms with Crippen LogP contribution in [0.2, 0.25) is 4.34 Å². The molecule has 0 saturated heterocycles. The second-order valence-electron chi connectivity index (χ2n) is 3.27. The second kappa shape index (κ2) is 6.05. The molecule has 1 N–H and O–H groups in total. The van der Waals surface area contributed by atoms with Crippen molar-refractivity contribution in [3.05, 3.63) is 15.5 Å². The molecule has 1 amide bonds. The van der Waals surface area contributed by atoms with Crippen molar-refractivity contribution in [2.75, 3.05) is 20.6 Å². The van der Waals surface area contributed by atoms with Crippen LogP contribution in [-0.4, -0.2) is 36.4 Å². The van der Waals surface area contributed by atoms with Gasteiger partial charge in [0, 0.05) is 33.6 Å². The minimum absolute atomic E-state index is 0.125. The monoisotopic (exact) mass is 247 g/mol. The molecule has 1 aromatic heterocycles. The van der Waals surface area contributed by atoms with E-state index in [4.69, 9.17) is 11.6 Å². The van der Waals surface area contributed by atoms with Gasteiger partial charge >= 0.3 is 0 Å². The van der Waals surface area contributed by atoms with Gasteiger partial charge in [-0.1, -0.05) is 11.6 Å². The third-order valence-corrected chi connectivity index (χ3v) is 2.93. The Balaban J connectivity index is 2.15. The van der Waals surface area contributed by atoms with E-state index in [0.717, 1.165) is 5.01 Å². The smallest absolute Gasteiger partial charge is 0.223 e. The predicted octanol–water partition coefficient (Wildman–Crippen LogP) is 1.36. The average molecular weight is 248 g/mol. The van der Waals surface area contributed by atoms with Gasteiger partial charge in [0.05, 0.1) is 6.20 Å². The number of hydrogen-bond donors (Lipinski definition) is 1. The number of amides is 1. The fourth-order valence-electron chi connectivity index (χ4n) is 0.984. The molecule has 15 heavy (non-hydrogen) atoms. The summed E-state index contributed by atoms with van der Waals surface area (Å²) in [5.41, 5.74) is 0. The lowest BCUT2D eigenvalue weighted by Crippen LogP contribution is -2.26. The number of halogens is 1. The van der Waals surface area contributed by atoms with Crippen molar-refractivity contribution in [1.82, 2.24) is 15.2 Å². The lowest BCUT2D eigenvalue weighted by atomic mass is 10.4. The maximum Gasteiger partial charge on any atom is 0.223 e. The number of nitrogens with one attached hydrogen (secondary N) is 1. The highest BCUT2D eigenvalue weighted by atomic mass is 35.5. The van der Waals surface area contributed by atoms with Crippen LogP contribution in [0.4, 0.5) is 0 Å². The van der Waals surface area contributed by atoms with Crippen LogP contribution in [0.5, 0.6) is 0 Å². The van der Waals surface area contributed by atoms with Crippen LogP contribution in [0.25, 0.3) is 0 Å². The van der Waals surface area contributed by atoms with E-state index in [0.29, 0.717) is 23.8 Å². The van der Waals surface area contributed by atoms with Crippen LogP contribution in [0.3, 0.4) is 0 Å². The van der Waals surface area contributed by atoms with Gasteiger partial charge in [-0.3, -0.25) is 4.79 Å². The van der Waals surface area contributed by atoms with Gasteiger partial charge in [-0.2, -0.15) is 0 Å². The SMILES string of the molecule is CN(C)C(=O)CCNCc1ncc(Cl)s1. The molecule has 0 bridgehead atoms. The lowest BCUT2D eigenvalue weighted by molar-refractivity contribution is -0.128. The average Bonchev–Trinajstić information content (AvgIpc) is 2.58. The normalized spacial score (nSPS) is 10.3. The van der Waals surface area contributed by atoms with Crippen molar-refractivity contribution in [3.63, 3.8) is 0 Å². The van der Waals surface area contributed by atoms with Gasteiger partial charge in [-0.25, -0.2) is 4.98 Å². The molecule has 1 rings (SSSR count). The van der Waals surface area contributed by atoms with Crippen molar-refractivity contribution >= 4 is 28.8 Å². The molecule has 0 unspecified atom stereocenters. The first kappa shape index (κ1) is 12.4. The van der Waals surface area contributed by atoms with Crippen LogP contribution in [0.1, 0.15) is 11.4 Å². The molecule has 0 aliphatic rings. The maximum absolute atomic E-state index is 11.2. The molecule has 4 nitrogen and oxygen atoms in total. The molecule has 0 aliphatic carbocycles. The zero-order chi connectivity index (χ0) is 11.3. The second-order valence-corrected chi connectivity index (χ2v) is 5.02. The van der Waals surface area contributed by atoms with Crippen LogP contribution >= 0.6 is 22.9 Å². The summed E-state index contributed by atoms with van der Waals surface area (Å²) in [5.74, 6) is 0.125. The minimum Gasteiger partial charge on any atom is -0.349 e. The number of nitrogens with zero attached hydrogens (tertiary/aromatic N) is 2. The molecule has 1 aromatic rings. The van der Waals surface area contributed by atoms with Gasteiger partial charge in [0.25, 0.3) is 0 Å². The Morgan fingerprint density at radius 2 is 2.40 bits per heavy atom. The third-order valence-electron chi connectivity index (χ3n) is 1.82. The Bertz CT molecular complexity index is 327. The Labute approximate surface area is 98.3 Å². The van der Waals surface area contributed by atoms with Crippen LogP contribution in [0.15, 0.2) is 6.20 Å². The van der Waals surface area contributed by atoms with Crippen molar-refractivity contribution in [2.24, 2.45) is 0 Å². The molecule has 6 heteroatoms.